The molecule has 11 heteroatoms. The summed E-state index contributed by atoms with van der Waals surface area (Å²) in [6, 6.07) is 4.39. The first-order valence-corrected chi connectivity index (χ1v) is 12.0. The molecule has 2 N–H and O–H groups in total. The first kappa shape index (κ1) is 24.7. The summed E-state index contributed by atoms with van der Waals surface area (Å²) in [6.07, 6.45) is 2.63. The van der Waals surface area contributed by atoms with Crippen LogP contribution < -0.4 is 15.0 Å². The molecule has 192 valence electrons. The Hall–Kier alpha value is -3.96. The first-order valence-electron chi connectivity index (χ1n) is 12.0. The van der Waals surface area contributed by atoms with E-state index in [1.54, 1.807) is 19.3 Å². The van der Waals surface area contributed by atoms with E-state index < -0.39 is 11.9 Å². The Morgan fingerprint density at radius 2 is 2.05 bits per heavy atom. The molecule has 0 amide bonds. The lowest BCUT2D eigenvalue weighted by Gasteiger charge is -2.21. The number of benzene rings is 1. The van der Waals surface area contributed by atoms with E-state index in [0.29, 0.717) is 48.3 Å². The lowest BCUT2D eigenvalue weighted by Crippen LogP contribution is -2.29. The normalized spacial score (nSPS) is 13.6. The fraction of sp³-hybridized carbons (Fsp3) is 0.346. The summed E-state index contributed by atoms with van der Waals surface area (Å²) in [6.45, 7) is 7.16. The van der Waals surface area contributed by atoms with Crippen LogP contribution in [-0.2, 0) is 13.1 Å². The molecule has 1 unspecified atom stereocenters. The van der Waals surface area contributed by atoms with Gasteiger partial charge in [-0.05, 0) is 46.0 Å². The van der Waals surface area contributed by atoms with Crippen molar-refractivity contribution < 1.29 is 18.8 Å². The number of ether oxygens (including phenoxy) is 1. The van der Waals surface area contributed by atoms with E-state index in [9.17, 15) is 5.11 Å². The Labute approximate surface area is 213 Å². The molecule has 0 aliphatic carbocycles. The molecule has 10 nitrogen and oxygen atoms in total. The number of nitrogens with one attached hydrogen (secondary N) is 1. The average Bonchev–Trinajstić information content (AvgIpc) is 3.46. The van der Waals surface area contributed by atoms with Crippen LogP contribution in [0.3, 0.4) is 0 Å². The van der Waals surface area contributed by atoms with Gasteiger partial charge < -0.3 is 24.6 Å². The van der Waals surface area contributed by atoms with Crippen molar-refractivity contribution in [2.24, 2.45) is 0 Å². The van der Waals surface area contributed by atoms with Crippen molar-refractivity contribution in [2.75, 3.05) is 25.1 Å². The van der Waals surface area contributed by atoms with Gasteiger partial charge in [0, 0.05) is 30.4 Å². The van der Waals surface area contributed by atoms with Crippen LogP contribution in [0.4, 0.5) is 10.2 Å². The number of nitrogens with zero attached hydrogens (tertiary/aromatic N) is 6. The van der Waals surface area contributed by atoms with Gasteiger partial charge in [-0.2, -0.15) is 0 Å². The molecule has 1 aliphatic heterocycles. The molecule has 3 aromatic heterocycles. The van der Waals surface area contributed by atoms with Crippen molar-refractivity contribution in [3.8, 4) is 28.4 Å². The number of aliphatic hydroxyl groups is 1. The number of halogens is 1. The van der Waals surface area contributed by atoms with Gasteiger partial charge >= 0.3 is 0 Å². The smallest absolute Gasteiger partial charge is 0.165 e. The van der Waals surface area contributed by atoms with Crippen LogP contribution in [0.25, 0.3) is 22.6 Å². The van der Waals surface area contributed by atoms with Crippen LogP contribution in [-0.4, -0.2) is 56.5 Å². The number of hydrogen-bond acceptors (Lipinski definition) is 10. The Morgan fingerprint density at radius 3 is 2.78 bits per heavy atom. The first-order chi connectivity index (χ1) is 17.9. The summed E-state index contributed by atoms with van der Waals surface area (Å²) < 4.78 is 26.3. The van der Waals surface area contributed by atoms with E-state index in [1.165, 1.54) is 18.5 Å². The molecule has 0 saturated carbocycles. The minimum Gasteiger partial charge on any atom is -0.491 e. The monoisotopic (exact) mass is 505 g/mol. The van der Waals surface area contributed by atoms with Crippen LogP contribution in [0.5, 0.6) is 5.75 Å². The molecular formula is C26H28FN7O3. The fourth-order valence-electron chi connectivity index (χ4n) is 4.50. The van der Waals surface area contributed by atoms with E-state index in [2.05, 4.69) is 25.3 Å². The van der Waals surface area contributed by atoms with Gasteiger partial charge in [0.2, 0.25) is 0 Å². The maximum absolute atomic E-state index is 15.2. The number of hydrogen-bond donors (Lipinski definition) is 2. The average molecular weight is 506 g/mol. The van der Waals surface area contributed by atoms with Gasteiger partial charge in [-0.3, -0.25) is 0 Å². The molecule has 0 saturated heterocycles. The highest BCUT2D eigenvalue weighted by Crippen LogP contribution is 2.37. The fourth-order valence-corrected chi connectivity index (χ4v) is 4.50. The van der Waals surface area contributed by atoms with Gasteiger partial charge in [0.1, 0.15) is 42.2 Å². The van der Waals surface area contributed by atoms with Crippen molar-refractivity contribution in [3.05, 3.63) is 64.8 Å². The third kappa shape index (κ3) is 4.87. The highest BCUT2D eigenvalue weighted by molar-refractivity contribution is 5.75. The predicted molar refractivity (Wildman–Crippen MR) is 134 cm³/mol. The van der Waals surface area contributed by atoms with E-state index >= 15 is 4.39 Å². The summed E-state index contributed by atoms with van der Waals surface area (Å²) in [5, 5.41) is 17.0. The van der Waals surface area contributed by atoms with Gasteiger partial charge in [-0.15, -0.1) is 0 Å². The number of aryl methyl sites for hydroxylation is 2. The van der Waals surface area contributed by atoms with Gasteiger partial charge in [-0.25, -0.2) is 24.3 Å². The van der Waals surface area contributed by atoms with Gasteiger partial charge in [-0.1, -0.05) is 5.16 Å². The highest BCUT2D eigenvalue weighted by atomic mass is 19.1. The topological polar surface area (TPSA) is 122 Å². The van der Waals surface area contributed by atoms with Crippen LogP contribution in [0.2, 0.25) is 0 Å². The van der Waals surface area contributed by atoms with Crippen LogP contribution >= 0.6 is 0 Å². The second kappa shape index (κ2) is 10.2. The van der Waals surface area contributed by atoms with E-state index in [1.807, 2.05) is 20.8 Å². The molecule has 1 aliphatic rings. The Bertz CT molecular complexity index is 1400. The summed E-state index contributed by atoms with van der Waals surface area (Å²) in [5.74, 6) is 1.39. The minimum atomic E-state index is -0.702. The second-order valence-electron chi connectivity index (χ2n) is 9.06. The number of fused-ring (bicyclic) bond motifs is 1. The van der Waals surface area contributed by atoms with Crippen molar-refractivity contribution in [2.45, 2.75) is 40.0 Å². The molecule has 4 aromatic rings. The largest absolute Gasteiger partial charge is 0.491 e. The second-order valence-corrected chi connectivity index (χ2v) is 9.06. The number of likely N-dealkylation sites (N-methyl/N-ethyl adjacent to an activating group) is 1. The van der Waals surface area contributed by atoms with E-state index in [0.717, 1.165) is 22.4 Å². The molecule has 5 rings (SSSR count). The number of anilines is 1. The molecule has 0 fully saturated rings. The van der Waals surface area contributed by atoms with Crippen molar-refractivity contribution in [3.63, 3.8) is 0 Å². The van der Waals surface area contributed by atoms with Crippen LogP contribution in [0, 0.1) is 26.6 Å². The number of aromatic nitrogens is 5. The highest BCUT2D eigenvalue weighted by Gasteiger charge is 2.28. The van der Waals surface area contributed by atoms with E-state index in [4.69, 9.17) is 19.2 Å². The molecule has 37 heavy (non-hydrogen) atoms. The maximum atomic E-state index is 15.2. The standard InChI is InChI=1S/C26H28FN7O3/c1-14-24(23-15(2)33-37-16(23)3)31-25(32-26(14)34-10-17-8-29-13-30-22(17)11-34)20-7-19(5-6-21(20)27)36-12-18(35)9-28-4/h5-8,13,18,28,35H,9-12H2,1-4H3. The zero-order valence-corrected chi connectivity index (χ0v) is 21.1. The minimum absolute atomic E-state index is 0.0588. The van der Waals surface area contributed by atoms with Gasteiger partial charge in [0.25, 0.3) is 0 Å². The van der Waals surface area contributed by atoms with Gasteiger partial charge in [0.15, 0.2) is 5.82 Å². The molecule has 4 heterocycles. The SMILES string of the molecule is CNCC(O)COc1ccc(F)c(-c2nc(-c3c(C)noc3C)c(C)c(N3Cc4cncnc4C3)n2)c1. The quantitative estimate of drug-likeness (QED) is 0.369. The summed E-state index contributed by atoms with van der Waals surface area (Å²) in [5.41, 5.74) is 5.00. The zero-order chi connectivity index (χ0) is 26.1. The van der Waals surface area contributed by atoms with Crippen molar-refractivity contribution in [1.82, 2.24) is 30.4 Å². The van der Waals surface area contributed by atoms with Gasteiger partial charge in [0.05, 0.1) is 34.8 Å². The Balaban J connectivity index is 1.60. The third-order valence-electron chi connectivity index (χ3n) is 6.33. The summed E-state index contributed by atoms with van der Waals surface area (Å²) in [7, 11) is 1.74. The molecular weight excluding hydrogens is 477 g/mol. The maximum Gasteiger partial charge on any atom is 0.165 e. The molecule has 1 atom stereocenters. The molecule has 1 aromatic carbocycles. The Morgan fingerprint density at radius 1 is 1.22 bits per heavy atom. The van der Waals surface area contributed by atoms with Crippen LogP contribution in [0.15, 0.2) is 35.2 Å². The number of aliphatic hydroxyl groups excluding tert-OH is 1. The predicted octanol–water partition coefficient (Wildman–Crippen LogP) is 3.13. The van der Waals surface area contributed by atoms with Crippen LogP contribution in [0.1, 0.15) is 28.3 Å². The summed E-state index contributed by atoms with van der Waals surface area (Å²) >= 11 is 0. The lowest BCUT2D eigenvalue weighted by atomic mass is 10.0. The van der Waals surface area contributed by atoms with Crippen molar-refractivity contribution >= 4 is 5.82 Å². The molecule has 0 bridgehead atoms. The third-order valence-corrected chi connectivity index (χ3v) is 6.33. The summed E-state index contributed by atoms with van der Waals surface area (Å²) in [4.78, 5) is 20.2. The number of rotatable bonds is 8. The van der Waals surface area contributed by atoms with Crippen molar-refractivity contribution in [1.29, 1.82) is 0 Å². The molecule has 0 radical (unpaired) electrons. The Kier molecular flexibility index (Phi) is 6.81. The van der Waals surface area contributed by atoms with E-state index in [-0.39, 0.29) is 18.0 Å². The lowest BCUT2D eigenvalue weighted by molar-refractivity contribution is 0.108. The zero-order valence-electron chi connectivity index (χ0n) is 21.1. The molecule has 0 spiro atoms.